The molecule has 1 unspecified atom stereocenters. The average molecular weight is 383 g/mol. The SMILES string of the molecule is CC(NC(=O)N1CCC(N2CCNC2=O)CC1)c1ncc(-c2ccccc2)o1. The van der Waals surface area contributed by atoms with E-state index in [1.54, 1.807) is 11.1 Å². The molecule has 2 aromatic rings. The molecule has 1 atom stereocenters. The molecule has 1 aromatic carbocycles. The van der Waals surface area contributed by atoms with Crippen molar-refractivity contribution in [2.45, 2.75) is 31.8 Å². The number of aromatic nitrogens is 1. The number of carbonyl (C=O) groups excluding carboxylic acids is 2. The van der Waals surface area contributed by atoms with Gasteiger partial charge in [-0.3, -0.25) is 0 Å². The van der Waals surface area contributed by atoms with E-state index >= 15 is 0 Å². The van der Waals surface area contributed by atoms with Crippen LogP contribution >= 0.6 is 0 Å². The van der Waals surface area contributed by atoms with Crippen LogP contribution in [0.2, 0.25) is 0 Å². The van der Waals surface area contributed by atoms with Crippen molar-refractivity contribution in [2.75, 3.05) is 26.2 Å². The van der Waals surface area contributed by atoms with E-state index in [9.17, 15) is 9.59 Å². The van der Waals surface area contributed by atoms with Crippen LogP contribution in [-0.2, 0) is 0 Å². The summed E-state index contributed by atoms with van der Waals surface area (Å²) in [6, 6.07) is 9.51. The lowest BCUT2D eigenvalue weighted by atomic mass is 10.0. The van der Waals surface area contributed by atoms with Crippen molar-refractivity contribution in [3.05, 3.63) is 42.4 Å². The first kappa shape index (κ1) is 18.3. The highest BCUT2D eigenvalue weighted by atomic mass is 16.4. The second-order valence-corrected chi connectivity index (χ2v) is 7.24. The van der Waals surface area contributed by atoms with Crippen molar-refractivity contribution in [3.63, 3.8) is 0 Å². The maximum atomic E-state index is 12.6. The summed E-state index contributed by atoms with van der Waals surface area (Å²) in [5.74, 6) is 1.16. The molecule has 0 saturated carbocycles. The zero-order valence-corrected chi connectivity index (χ0v) is 15.9. The highest BCUT2D eigenvalue weighted by Crippen LogP contribution is 2.23. The molecule has 2 N–H and O–H groups in total. The van der Waals surface area contributed by atoms with Crippen LogP contribution in [0.3, 0.4) is 0 Å². The van der Waals surface area contributed by atoms with Crippen LogP contribution in [0.15, 0.2) is 40.9 Å². The van der Waals surface area contributed by atoms with Crippen molar-refractivity contribution in [3.8, 4) is 11.3 Å². The molecular weight excluding hydrogens is 358 g/mol. The molecule has 28 heavy (non-hydrogen) atoms. The van der Waals surface area contributed by atoms with Crippen molar-refractivity contribution < 1.29 is 14.0 Å². The zero-order valence-electron chi connectivity index (χ0n) is 15.9. The molecule has 2 aliphatic heterocycles. The summed E-state index contributed by atoms with van der Waals surface area (Å²) in [7, 11) is 0. The van der Waals surface area contributed by atoms with Crippen LogP contribution in [0, 0.1) is 0 Å². The number of urea groups is 2. The maximum absolute atomic E-state index is 12.6. The Hall–Kier alpha value is -3.03. The molecule has 4 amide bonds. The normalized spacial score (nSPS) is 18.8. The fourth-order valence-electron chi connectivity index (χ4n) is 3.78. The molecule has 148 valence electrons. The molecule has 2 aliphatic rings. The fraction of sp³-hybridized carbons (Fsp3) is 0.450. The molecule has 3 heterocycles. The fourth-order valence-corrected chi connectivity index (χ4v) is 3.78. The van der Waals surface area contributed by atoms with Crippen molar-refractivity contribution in [2.24, 2.45) is 0 Å². The Morgan fingerprint density at radius 2 is 2.00 bits per heavy atom. The van der Waals surface area contributed by atoms with Gasteiger partial charge >= 0.3 is 12.1 Å². The summed E-state index contributed by atoms with van der Waals surface area (Å²) in [5.41, 5.74) is 0.952. The maximum Gasteiger partial charge on any atom is 0.318 e. The number of carbonyl (C=O) groups is 2. The largest absolute Gasteiger partial charge is 0.438 e. The Morgan fingerprint density at radius 3 is 2.68 bits per heavy atom. The van der Waals surface area contributed by atoms with E-state index in [0.29, 0.717) is 31.3 Å². The summed E-state index contributed by atoms with van der Waals surface area (Å²) in [6.07, 6.45) is 3.28. The third-order valence-electron chi connectivity index (χ3n) is 5.37. The summed E-state index contributed by atoms with van der Waals surface area (Å²) in [6.45, 7) is 4.58. The number of amides is 4. The number of nitrogens with one attached hydrogen (secondary N) is 2. The number of rotatable bonds is 4. The summed E-state index contributed by atoms with van der Waals surface area (Å²) < 4.78 is 5.82. The van der Waals surface area contributed by atoms with Gasteiger partial charge in [0.05, 0.1) is 6.20 Å². The molecule has 0 radical (unpaired) electrons. The molecule has 0 aliphatic carbocycles. The third-order valence-corrected chi connectivity index (χ3v) is 5.37. The number of piperidine rings is 1. The minimum Gasteiger partial charge on any atom is -0.438 e. The van der Waals surface area contributed by atoms with E-state index < -0.39 is 0 Å². The third kappa shape index (κ3) is 3.81. The second-order valence-electron chi connectivity index (χ2n) is 7.24. The van der Waals surface area contributed by atoms with Gasteiger partial charge in [0.2, 0.25) is 5.89 Å². The van der Waals surface area contributed by atoms with Gasteiger partial charge in [0, 0.05) is 37.8 Å². The van der Waals surface area contributed by atoms with Gasteiger partial charge in [-0.25, -0.2) is 14.6 Å². The van der Waals surface area contributed by atoms with Crippen LogP contribution in [0.1, 0.15) is 31.7 Å². The predicted molar refractivity (Wildman–Crippen MR) is 104 cm³/mol. The van der Waals surface area contributed by atoms with Crippen LogP contribution in [0.4, 0.5) is 9.59 Å². The lowest BCUT2D eigenvalue weighted by Crippen LogP contribution is -2.50. The number of hydrogen-bond acceptors (Lipinski definition) is 4. The molecule has 4 rings (SSSR count). The molecule has 8 nitrogen and oxygen atoms in total. The Balaban J connectivity index is 1.30. The Bertz CT molecular complexity index is 829. The topological polar surface area (TPSA) is 90.7 Å². The number of benzene rings is 1. The van der Waals surface area contributed by atoms with Crippen LogP contribution in [0.5, 0.6) is 0 Å². The molecule has 0 bridgehead atoms. The highest BCUT2D eigenvalue weighted by Gasteiger charge is 2.32. The van der Waals surface area contributed by atoms with Crippen LogP contribution < -0.4 is 10.6 Å². The van der Waals surface area contributed by atoms with E-state index in [-0.39, 0.29) is 24.1 Å². The zero-order chi connectivity index (χ0) is 19.5. The molecule has 2 saturated heterocycles. The van der Waals surface area contributed by atoms with E-state index in [4.69, 9.17) is 4.42 Å². The number of likely N-dealkylation sites (tertiary alicyclic amines) is 1. The molecule has 8 heteroatoms. The molecular formula is C20H25N5O3. The Morgan fingerprint density at radius 1 is 1.25 bits per heavy atom. The first-order valence-corrected chi connectivity index (χ1v) is 9.73. The van der Waals surface area contributed by atoms with Crippen molar-refractivity contribution >= 4 is 12.1 Å². The Kier molecular flexibility index (Phi) is 5.18. The predicted octanol–water partition coefficient (Wildman–Crippen LogP) is 2.60. The Labute approximate surface area is 163 Å². The van der Waals surface area contributed by atoms with Gasteiger partial charge in [-0.1, -0.05) is 30.3 Å². The van der Waals surface area contributed by atoms with Gasteiger partial charge in [0.1, 0.15) is 6.04 Å². The van der Waals surface area contributed by atoms with E-state index in [0.717, 1.165) is 24.9 Å². The van der Waals surface area contributed by atoms with Gasteiger partial charge < -0.3 is 24.9 Å². The van der Waals surface area contributed by atoms with E-state index in [1.165, 1.54) is 0 Å². The van der Waals surface area contributed by atoms with Gasteiger partial charge in [-0.2, -0.15) is 0 Å². The first-order chi connectivity index (χ1) is 13.6. The van der Waals surface area contributed by atoms with Crippen molar-refractivity contribution in [1.29, 1.82) is 0 Å². The number of hydrogen-bond donors (Lipinski definition) is 2. The van der Waals surface area contributed by atoms with Gasteiger partial charge in [0.25, 0.3) is 0 Å². The van der Waals surface area contributed by atoms with Crippen LogP contribution in [-0.4, -0.2) is 59.1 Å². The first-order valence-electron chi connectivity index (χ1n) is 9.73. The minimum absolute atomic E-state index is 0.00892. The average Bonchev–Trinajstić information content (AvgIpc) is 3.38. The van der Waals surface area contributed by atoms with Gasteiger partial charge in [-0.05, 0) is 19.8 Å². The van der Waals surface area contributed by atoms with Gasteiger partial charge in [-0.15, -0.1) is 0 Å². The van der Waals surface area contributed by atoms with Crippen molar-refractivity contribution in [1.82, 2.24) is 25.4 Å². The number of oxazole rings is 1. The number of nitrogens with zero attached hydrogens (tertiary/aromatic N) is 3. The van der Waals surface area contributed by atoms with E-state index in [2.05, 4.69) is 15.6 Å². The smallest absolute Gasteiger partial charge is 0.318 e. The molecule has 1 aromatic heterocycles. The monoisotopic (exact) mass is 383 g/mol. The molecule has 0 spiro atoms. The standard InChI is InChI=1S/C20H25N5O3/c1-14(18-22-13-17(28-18)15-5-3-2-4-6-15)23-20(27)24-10-7-16(8-11-24)25-12-9-21-19(25)26/h2-6,13-14,16H,7-12H2,1H3,(H,21,26)(H,23,27). The summed E-state index contributed by atoms with van der Waals surface area (Å²) in [5, 5.41) is 5.80. The van der Waals surface area contributed by atoms with Crippen LogP contribution in [0.25, 0.3) is 11.3 Å². The van der Waals surface area contributed by atoms with E-state index in [1.807, 2.05) is 42.2 Å². The van der Waals surface area contributed by atoms with Gasteiger partial charge in [0.15, 0.2) is 5.76 Å². The summed E-state index contributed by atoms with van der Waals surface area (Å²) in [4.78, 5) is 32.4. The molecule has 2 fully saturated rings. The highest BCUT2D eigenvalue weighted by molar-refractivity contribution is 5.77. The summed E-state index contributed by atoms with van der Waals surface area (Å²) >= 11 is 0. The second kappa shape index (κ2) is 7.92. The quantitative estimate of drug-likeness (QED) is 0.849. The minimum atomic E-state index is -0.327. The lowest BCUT2D eigenvalue weighted by Gasteiger charge is -2.36. The lowest BCUT2D eigenvalue weighted by molar-refractivity contribution is 0.139.